The number of nitro benzene ring substituents is 2. The van der Waals surface area contributed by atoms with Crippen molar-refractivity contribution in [3.05, 3.63) is 105 Å². The first-order chi connectivity index (χ1) is 22.2. The minimum atomic E-state index is -0.482. The first-order valence-corrected chi connectivity index (χ1v) is 14.6. The van der Waals surface area contributed by atoms with Crippen LogP contribution in [-0.4, -0.2) is 31.6 Å². The molecule has 2 heterocycles. The van der Waals surface area contributed by atoms with E-state index in [0.717, 1.165) is 38.5 Å². The van der Waals surface area contributed by atoms with Crippen LogP contribution in [0.15, 0.2) is 85.2 Å². The van der Waals surface area contributed by atoms with Crippen molar-refractivity contribution < 1.29 is 28.9 Å². The van der Waals surface area contributed by atoms with Crippen LogP contribution >= 0.6 is 0 Å². The SMILES string of the molecule is Nc1cc(Oc2ccc([N+](=O)[O-])cc2)ccn1.O=C(C1CCC1)N(C(=O)C1CCC1)c1cc(Oc2ccc([N+](=O)[O-])cc2)ccn1. The molecule has 2 amide bonds. The largest absolute Gasteiger partial charge is 0.457 e. The number of anilines is 2. The number of nitrogen functional groups attached to an aromatic ring is 1. The standard InChI is InChI=1S/C21H21N3O5.C11H9N3O3/c25-20(14-3-1-4-14)23(21(26)15-5-2-6-15)19-13-18(11-12-22-19)29-17-9-7-16(8-10-17)24(27)28;12-11-7-10(5-6-13-11)17-9-3-1-8(2-4-9)14(15)16/h7-15H,1-6H2;1-7H,(H2,12,13). The summed E-state index contributed by atoms with van der Waals surface area (Å²) in [4.78, 5) is 55.5. The van der Waals surface area contributed by atoms with E-state index >= 15 is 0 Å². The first-order valence-electron chi connectivity index (χ1n) is 14.6. The van der Waals surface area contributed by atoms with Gasteiger partial charge in [0.1, 0.15) is 34.6 Å². The third-order valence-corrected chi connectivity index (χ3v) is 7.61. The second kappa shape index (κ2) is 14.2. The Balaban J connectivity index is 0.000000209. The summed E-state index contributed by atoms with van der Waals surface area (Å²) < 4.78 is 11.2. The van der Waals surface area contributed by atoms with Gasteiger partial charge in [-0.15, -0.1) is 0 Å². The van der Waals surface area contributed by atoms with Gasteiger partial charge in [-0.2, -0.15) is 0 Å². The molecule has 0 spiro atoms. The Kier molecular flexibility index (Phi) is 9.75. The van der Waals surface area contributed by atoms with E-state index in [1.165, 1.54) is 65.8 Å². The van der Waals surface area contributed by atoms with Crippen molar-refractivity contribution in [1.29, 1.82) is 0 Å². The summed E-state index contributed by atoms with van der Waals surface area (Å²) in [5.41, 5.74) is 5.48. The Labute approximate surface area is 263 Å². The maximum atomic E-state index is 12.9. The number of nitrogens with zero attached hydrogens (tertiary/aromatic N) is 5. The minimum absolute atomic E-state index is 0.0200. The maximum absolute atomic E-state index is 12.9. The van der Waals surface area contributed by atoms with Crippen LogP contribution in [-0.2, 0) is 9.59 Å². The number of amides is 2. The molecule has 2 aromatic heterocycles. The highest BCUT2D eigenvalue weighted by molar-refractivity contribution is 6.16. The number of imide groups is 1. The number of non-ortho nitro benzene ring substituents is 2. The predicted molar refractivity (Wildman–Crippen MR) is 166 cm³/mol. The summed E-state index contributed by atoms with van der Waals surface area (Å²) in [6, 6.07) is 17.9. The number of ether oxygens (including phenoxy) is 2. The third kappa shape index (κ3) is 7.77. The molecule has 0 radical (unpaired) electrons. The third-order valence-electron chi connectivity index (χ3n) is 7.61. The monoisotopic (exact) mass is 626 g/mol. The second-order valence-corrected chi connectivity index (χ2v) is 10.7. The molecular formula is C32H30N6O8. The van der Waals surface area contributed by atoms with E-state index in [0.29, 0.717) is 28.8 Å². The molecule has 2 N–H and O–H groups in total. The summed E-state index contributed by atoms with van der Waals surface area (Å²) in [5, 5.41) is 21.2. The van der Waals surface area contributed by atoms with Gasteiger partial charge in [-0.25, -0.2) is 14.9 Å². The van der Waals surface area contributed by atoms with Gasteiger partial charge in [-0.05, 0) is 62.1 Å². The zero-order chi connectivity index (χ0) is 32.6. The molecule has 0 saturated heterocycles. The Morgan fingerprint density at radius 2 is 1.11 bits per heavy atom. The number of hydrogen-bond donors (Lipinski definition) is 1. The first kappa shape index (κ1) is 31.5. The summed E-state index contributed by atoms with van der Waals surface area (Å²) in [5.74, 6) is 1.84. The molecular weight excluding hydrogens is 596 g/mol. The van der Waals surface area contributed by atoms with Crippen LogP contribution in [0.3, 0.4) is 0 Å². The second-order valence-electron chi connectivity index (χ2n) is 10.7. The normalized spacial score (nSPS) is 14.0. The minimum Gasteiger partial charge on any atom is -0.457 e. The number of nitrogens with two attached hydrogens (primary N) is 1. The molecule has 14 heteroatoms. The molecule has 2 saturated carbocycles. The van der Waals surface area contributed by atoms with E-state index in [1.807, 2.05) is 0 Å². The molecule has 2 fully saturated rings. The molecule has 2 aliphatic carbocycles. The molecule has 0 bridgehead atoms. The van der Waals surface area contributed by atoms with Crippen LogP contribution in [0.2, 0.25) is 0 Å². The summed E-state index contributed by atoms with van der Waals surface area (Å²) in [6.45, 7) is 0. The predicted octanol–water partition coefficient (Wildman–Crippen LogP) is 6.61. The van der Waals surface area contributed by atoms with Gasteiger partial charge in [0, 0.05) is 60.6 Å². The Bertz CT molecular complexity index is 1700. The molecule has 14 nitrogen and oxygen atoms in total. The number of nitro groups is 2. The maximum Gasteiger partial charge on any atom is 0.269 e. The number of aromatic nitrogens is 2. The average molecular weight is 627 g/mol. The highest BCUT2D eigenvalue weighted by Gasteiger charge is 2.39. The fraction of sp³-hybridized carbons (Fsp3) is 0.250. The summed E-state index contributed by atoms with van der Waals surface area (Å²) in [6.07, 6.45) is 8.20. The van der Waals surface area contributed by atoms with Crippen molar-refractivity contribution in [2.24, 2.45) is 11.8 Å². The molecule has 0 atom stereocenters. The van der Waals surface area contributed by atoms with Gasteiger partial charge in [0.2, 0.25) is 11.8 Å². The van der Waals surface area contributed by atoms with Gasteiger partial charge in [0.25, 0.3) is 11.4 Å². The lowest BCUT2D eigenvalue weighted by atomic mass is 9.82. The van der Waals surface area contributed by atoms with E-state index in [4.69, 9.17) is 15.2 Å². The highest BCUT2D eigenvalue weighted by Crippen LogP contribution is 2.35. The van der Waals surface area contributed by atoms with Crippen molar-refractivity contribution in [3.63, 3.8) is 0 Å². The Hall–Kier alpha value is -5.92. The number of hydrogen-bond acceptors (Lipinski definition) is 11. The Morgan fingerprint density at radius 3 is 1.50 bits per heavy atom. The molecule has 0 aliphatic heterocycles. The van der Waals surface area contributed by atoms with Gasteiger partial charge in [0.15, 0.2) is 0 Å². The van der Waals surface area contributed by atoms with Gasteiger partial charge in [0.05, 0.1) is 9.85 Å². The van der Waals surface area contributed by atoms with E-state index in [-0.39, 0.29) is 40.8 Å². The van der Waals surface area contributed by atoms with Crippen molar-refractivity contribution in [3.8, 4) is 23.0 Å². The smallest absolute Gasteiger partial charge is 0.269 e. The summed E-state index contributed by atoms with van der Waals surface area (Å²) >= 11 is 0. The summed E-state index contributed by atoms with van der Waals surface area (Å²) in [7, 11) is 0. The van der Waals surface area contributed by atoms with Gasteiger partial charge < -0.3 is 15.2 Å². The fourth-order valence-electron chi connectivity index (χ4n) is 4.63. The molecule has 46 heavy (non-hydrogen) atoms. The lowest BCUT2D eigenvalue weighted by molar-refractivity contribution is -0.385. The average Bonchev–Trinajstić information content (AvgIpc) is 2.97. The van der Waals surface area contributed by atoms with Crippen LogP contribution < -0.4 is 20.1 Å². The van der Waals surface area contributed by atoms with E-state index in [2.05, 4.69) is 9.97 Å². The Morgan fingerprint density at radius 1 is 0.674 bits per heavy atom. The molecule has 4 aromatic rings. The zero-order valence-corrected chi connectivity index (χ0v) is 24.6. The highest BCUT2D eigenvalue weighted by atomic mass is 16.6. The van der Waals surface area contributed by atoms with E-state index < -0.39 is 9.85 Å². The molecule has 2 aliphatic rings. The number of benzene rings is 2. The lowest BCUT2D eigenvalue weighted by Crippen LogP contribution is -2.47. The van der Waals surface area contributed by atoms with Gasteiger partial charge >= 0.3 is 0 Å². The van der Waals surface area contributed by atoms with Crippen LogP contribution in [0.25, 0.3) is 0 Å². The molecule has 236 valence electrons. The van der Waals surface area contributed by atoms with E-state index in [1.54, 1.807) is 24.3 Å². The zero-order valence-electron chi connectivity index (χ0n) is 24.6. The van der Waals surface area contributed by atoms with Crippen molar-refractivity contribution >= 4 is 34.8 Å². The molecule has 2 aromatic carbocycles. The number of rotatable bonds is 9. The van der Waals surface area contributed by atoms with Crippen LogP contribution in [0.1, 0.15) is 38.5 Å². The molecule has 0 unspecified atom stereocenters. The van der Waals surface area contributed by atoms with E-state index in [9.17, 15) is 29.8 Å². The number of pyridine rings is 2. The van der Waals surface area contributed by atoms with Crippen molar-refractivity contribution in [2.45, 2.75) is 38.5 Å². The van der Waals surface area contributed by atoms with Crippen LogP contribution in [0.4, 0.5) is 23.0 Å². The van der Waals surface area contributed by atoms with Gasteiger partial charge in [-0.1, -0.05) is 12.8 Å². The molecule has 6 rings (SSSR count). The number of carbonyl (C=O) groups is 2. The van der Waals surface area contributed by atoms with Crippen molar-refractivity contribution in [1.82, 2.24) is 9.97 Å². The van der Waals surface area contributed by atoms with Gasteiger partial charge in [-0.3, -0.25) is 29.8 Å². The van der Waals surface area contributed by atoms with Crippen molar-refractivity contribution in [2.75, 3.05) is 10.6 Å². The van der Waals surface area contributed by atoms with Crippen LogP contribution in [0.5, 0.6) is 23.0 Å². The lowest BCUT2D eigenvalue weighted by Gasteiger charge is -2.34. The number of carbonyl (C=O) groups excluding carboxylic acids is 2. The quantitative estimate of drug-likeness (QED) is 0.119. The fourth-order valence-corrected chi connectivity index (χ4v) is 4.63. The van der Waals surface area contributed by atoms with Crippen LogP contribution in [0, 0.1) is 32.1 Å². The topological polar surface area (TPSA) is 194 Å².